The quantitative estimate of drug-likeness (QED) is 0.622. The number of carbonyl (C=O) groups is 1. The highest BCUT2D eigenvalue weighted by Gasteiger charge is 2.30. The molecule has 3 heterocycles. The minimum absolute atomic E-state index is 0.259. The van der Waals surface area contributed by atoms with Gasteiger partial charge in [0.25, 0.3) is 5.91 Å². The van der Waals surface area contributed by atoms with Gasteiger partial charge in [-0.1, -0.05) is 29.5 Å². The van der Waals surface area contributed by atoms with E-state index in [2.05, 4.69) is 25.6 Å². The predicted octanol–water partition coefficient (Wildman–Crippen LogP) is 2.86. The number of para-hydroxylation sites is 1. The lowest BCUT2D eigenvalue weighted by Gasteiger charge is -2.06. The van der Waals surface area contributed by atoms with Gasteiger partial charge in [0.2, 0.25) is 9.97 Å². The van der Waals surface area contributed by atoms with Crippen LogP contribution in [-0.2, 0) is 0 Å². The average molecular weight is 336 g/mol. The zero-order valence-corrected chi connectivity index (χ0v) is 13.3. The Labute approximate surface area is 140 Å². The summed E-state index contributed by atoms with van der Waals surface area (Å²) in [6, 6.07) is 9.52. The molecule has 0 saturated heterocycles. The van der Waals surface area contributed by atoms with Crippen molar-refractivity contribution in [1.29, 1.82) is 0 Å². The van der Waals surface area contributed by atoms with E-state index in [1.54, 1.807) is 10.7 Å². The van der Waals surface area contributed by atoms with E-state index in [0.717, 1.165) is 29.6 Å². The summed E-state index contributed by atoms with van der Waals surface area (Å²) < 4.78 is 1.69. The van der Waals surface area contributed by atoms with Crippen LogP contribution in [0.5, 0.6) is 0 Å². The zero-order chi connectivity index (χ0) is 16.1. The Balaban J connectivity index is 1.49. The molecule has 1 aliphatic carbocycles. The molecular weight excluding hydrogens is 324 g/mol. The molecule has 118 valence electrons. The Morgan fingerprint density at radius 2 is 2.08 bits per heavy atom. The molecule has 5 rings (SSSR count). The lowest BCUT2D eigenvalue weighted by atomic mass is 10.2. The summed E-state index contributed by atoms with van der Waals surface area (Å²) in [5.74, 6) is 1.03. The van der Waals surface area contributed by atoms with Gasteiger partial charge in [0.15, 0.2) is 5.82 Å². The van der Waals surface area contributed by atoms with E-state index in [1.807, 2.05) is 30.3 Å². The van der Waals surface area contributed by atoms with E-state index in [0.29, 0.717) is 21.6 Å². The van der Waals surface area contributed by atoms with Crippen molar-refractivity contribution < 1.29 is 4.79 Å². The van der Waals surface area contributed by atoms with Crippen LogP contribution in [0.1, 0.15) is 34.4 Å². The lowest BCUT2D eigenvalue weighted by molar-refractivity contribution is 0.102. The number of hydrogen-bond acceptors (Lipinski definition) is 6. The maximum absolute atomic E-state index is 12.6. The molecule has 0 bridgehead atoms. The van der Waals surface area contributed by atoms with Gasteiger partial charge in [0.05, 0.1) is 11.2 Å². The summed E-state index contributed by atoms with van der Waals surface area (Å²) in [7, 11) is 0. The summed E-state index contributed by atoms with van der Waals surface area (Å²) in [6.45, 7) is 0. The predicted molar refractivity (Wildman–Crippen MR) is 90.3 cm³/mol. The van der Waals surface area contributed by atoms with Gasteiger partial charge in [-0.15, -0.1) is 15.3 Å². The molecule has 3 aromatic heterocycles. The smallest absolute Gasteiger partial charge is 0.286 e. The molecule has 8 heteroatoms. The summed E-state index contributed by atoms with van der Waals surface area (Å²) in [6.07, 6.45) is 3.94. The van der Waals surface area contributed by atoms with E-state index in [1.165, 1.54) is 11.3 Å². The highest BCUT2D eigenvalue weighted by molar-refractivity contribution is 7.18. The minimum atomic E-state index is -0.259. The van der Waals surface area contributed by atoms with Gasteiger partial charge >= 0.3 is 0 Å². The highest BCUT2D eigenvalue weighted by Crippen LogP contribution is 2.39. The number of anilines is 1. The Hall–Kier alpha value is -2.87. The summed E-state index contributed by atoms with van der Waals surface area (Å²) in [5, 5.41) is 16.9. The van der Waals surface area contributed by atoms with Crippen molar-refractivity contribution in [3.05, 3.63) is 47.4 Å². The molecule has 4 aromatic rings. The first-order chi connectivity index (χ1) is 11.8. The maximum atomic E-state index is 12.6. The number of amides is 1. The molecule has 0 unspecified atom stereocenters. The standard InChI is InChI=1S/C16H12N6OS/c23-14(18-11-5-1-3-9-4-2-8-17-12(9)11)15-21-22-13(10-6-7-10)19-20-16(22)24-15/h1-5,8,10H,6-7H2,(H,18,23). The molecule has 0 atom stereocenters. The number of hydrogen-bond donors (Lipinski definition) is 1. The number of fused-ring (bicyclic) bond motifs is 2. The van der Waals surface area contributed by atoms with Crippen molar-refractivity contribution >= 4 is 38.8 Å². The van der Waals surface area contributed by atoms with Crippen LogP contribution >= 0.6 is 11.3 Å². The molecule has 1 aromatic carbocycles. The number of rotatable bonds is 3. The fourth-order valence-electron chi connectivity index (χ4n) is 2.70. The molecular formula is C16H12N6OS. The van der Waals surface area contributed by atoms with Gasteiger partial charge in [-0.05, 0) is 25.0 Å². The van der Waals surface area contributed by atoms with Crippen molar-refractivity contribution in [3.8, 4) is 0 Å². The van der Waals surface area contributed by atoms with Crippen LogP contribution in [0.3, 0.4) is 0 Å². The topological polar surface area (TPSA) is 85.1 Å². The Bertz CT molecular complexity index is 1080. The molecule has 1 amide bonds. The van der Waals surface area contributed by atoms with Crippen molar-refractivity contribution in [2.24, 2.45) is 0 Å². The van der Waals surface area contributed by atoms with Crippen LogP contribution < -0.4 is 5.32 Å². The van der Waals surface area contributed by atoms with Crippen molar-refractivity contribution in [2.45, 2.75) is 18.8 Å². The van der Waals surface area contributed by atoms with Crippen LogP contribution in [0.15, 0.2) is 36.5 Å². The van der Waals surface area contributed by atoms with Crippen LogP contribution in [0.4, 0.5) is 5.69 Å². The van der Waals surface area contributed by atoms with Gasteiger partial charge in [-0.2, -0.15) is 4.52 Å². The van der Waals surface area contributed by atoms with Crippen LogP contribution in [0.25, 0.3) is 15.9 Å². The van der Waals surface area contributed by atoms with E-state index in [-0.39, 0.29) is 5.91 Å². The third-order valence-corrected chi connectivity index (χ3v) is 4.93. The first-order valence-corrected chi connectivity index (χ1v) is 8.48. The first kappa shape index (κ1) is 13.6. The molecule has 24 heavy (non-hydrogen) atoms. The van der Waals surface area contributed by atoms with Gasteiger partial charge in [0, 0.05) is 17.5 Å². The molecule has 0 radical (unpaired) electrons. The van der Waals surface area contributed by atoms with Crippen LogP contribution in [0.2, 0.25) is 0 Å². The SMILES string of the molecule is O=C(Nc1cccc2cccnc12)c1nn2c(C3CC3)nnc2s1. The number of carbonyl (C=O) groups excluding carboxylic acids is 1. The van der Waals surface area contributed by atoms with Crippen molar-refractivity contribution in [2.75, 3.05) is 5.32 Å². The van der Waals surface area contributed by atoms with Crippen molar-refractivity contribution in [3.63, 3.8) is 0 Å². The second-order valence-electron chi connectivity index (χ2n) is 5.77. The third-order valence-electron chi connectivity index (χ3n) is 4.03. The van der Waals surface area contributed by atoms with Gasteiger partial charge in [0.1, 0.15) is 0 Å². The molecule has 0 spiro atoms. The Morgan fingerprint density at radius 3 is 2.96 bits per heavy atom. The van der Waals surface area contributed by atoms with Gasteiger partial charge in [-0.3, -0.25) is 9.78 Å². The van der Waals surface area contributed by atoms with E-state index in [9.17, 15) is 4.79 Å². The third kappa shape index (κ3) is 2.15. The minimum Gasteiger partial charge on any atom is -0.318 e. The monoisotopic (exact) mass is 336 g/mol. The lowest BCUT2D eigenvalue weighted by Crippen LogP contribution is -2.12. The summed E-state index contributed by atoms with van der Waals surface area (Å²) in [5.41, 5.74) is 1.43. The number of aromatic nitrogens is 5. The van der Waals surface area contributed by atoms with Crippen LogP contribution in [0, 0.1) is 0 Å². The molecule has 1 N–H and O–H groups in total. The van der Waals surface area contributed by atoms with E-state index in [4.69, 9.17) is 0 Å². The normalized spacial score (nSPS) is 14.3. The van der Waals surface area contributed by atoms with Gasteiger partial charge in [-0.25, -0.2) is 0 Å². The van der Waals surface area contributed by atoms with Crippen molar-refractivity contribution in [1.82, 2.24) is 24.8 Å². The number of nitrogens with one attached hydrogen (secondary N) is 1. The molecule has 1 fully saturated rings. The zero-order valence-electron chi connectivity index (χ0n) is 12.5. The fraction of sp³-hybridized carbons (Fsp3) is 0.188. The number of benzene rings is 1. The summed E-state index contributed by atoms with van der Waals surface area (Å²) in [4.78, 5) is 17.6. The molecule has 0 aliphatic heterocycles. The van der Waals surface area contributed by atoms with E-state index < -0.39 is 0 Å². The Kier molecular flexibility index (Phi) is 2.86. The largest absolute Gasteiger partial charge is 0.318 e. The molecule has 1 aliphatic rings. The molecule has 7 nitrogen and oxygen atoms in total. The number of pyridine rings is 1. The maximum Gasteiger partial charge on any atom is 0.286 e. The van der Waals surface area contributed by atoms with Crippen LogP contribution in [-0.4, -0.2) is 30.7 Å². The second kappa shape index (κ2) is 5.07. The second-order valence-corrected chi connectivity index (χ2v) is 6.72. The summed E-state index contributed by atoms with van der Waals surface area (Å²) >= 11 is 1.24. The average Bonchev–Trinajstić information content (AvgIpc) is 3.22. The molecule has 1 saturated carbocycles. The Morgan fingerprint density at radius 1 is 1.21 bits per heavy atom. The van der Waals surface area contributed by atoms with E-state index >= 15 is 0 Å². The highest BCUT2D eigenvalue weighted by atomic mass is 32.1. The number of nitrogens with zero attached hydrogens (tertiary/aromatic N) is 5. The first-order valence-electron chi connectivity index (χ1n) is 7.67. The fourth-order valence-corrected chi connectivity index (χ4v) is 3.44. The van der Waals surface area contributed by atoms with Gasteiger partial charge < -0.3 is 5.32 Å².